The highest BCUT2D eigenvalue weighted by Gasteiger charge is 2.51. The highest BCUT2D eigenvalue weighted by atomic mass is 79.9. The van der Waals surface area contributed by atoms with E-state index in [-0.39, 0.29) is 52.3 Å². The molecule has 7 aromatic carbocycles. The SMILES string of the molecule is CN1/C(=C/C=C/C2=[N+](Cc3ccc(C[N+]4=C(/C=C/C=C5/N(C)c6cc([N+](=O)[O-])c(Br)cc6C56CCCCC6)C(C)(C)c5c4ccc4ccccc54)cc3)c3ccc4ccccc4c3C2(C)C)C2(CCCCC2)c2cc(Br)c([N+](=O)[O-])cc21.FB(F)F.FB(F)F.[F-].[F-]. The number of nitro benzene ring substituents is 2. The zero-order valence-corrected chi connectivity index (χ0v) is 54.9. The Kier molecular flexibility index (Phi) is 20.2. The predicted octanol–water partition coefficient (Wildman–Crippen LogP) is 13.8. The Morgan fingerprint density at radius 1 is 0.522 bits per heavy atom. The molecule has 4 aliphatic heterocycles. The third kappa shape index (κ3) is 12.3. The van der Waals surface area contributed by atoms with E-state index in [0.29, 0.717) is 22.0 Å². The molecular formula is C70H68B2Br2F8N6O4. The molecule has 7 aromatic rings. The van der Waals surface area contributed by atoms with Crippen molar-refractivity contribution in [2.45, 2.75) is 127 Å². The average Bonchev–Trinajstić information content (AvgIpc) is 1.60. The molecular weight excluding hydrogens is 1320 g/mol. The second kappa shape index (κ2) is 27.1. The van der Waals surface area contributed by atoms with Gasteiger partial charge in [-0.3, -0.25) is 46.1 Å². The van der Waals surface area contributed by atoms with Gasteiger partial charge in [0, 0.05) is 95.0 Å². The number of allylic oxidation sites excluding steroid dienone is 8. The van der Waals surface area contributed by atoms with Crippen molar-refractivity contribution in [2.24, 2.45) is 0 Å². The summed E-state index contributed by atoms with van der Waals surface area (Å²) in [4.78, 5) is 28.1. The molecule has 0 N–H and O–H groups in total. The number of rotatable bonds is 10. The fourth-order valence-electron chi connectivity index (χ4n) is 15.8. The molecule has 0 radical (unpaired) electrons. The highest BCUT2D eigenvalue weighted by molar-refractivity contribution is 9.11. The lowest BCUT2D eigenvalue weighted by molar-refractivity contribution is -0.455. The normalized spacial score (nSPS) is 18.6. The van der Waals surface area contributed by atoms with Crippen LogP contribution in [0.4, 0.5) is 60.0 Å². The minimum Gasteiger partial charge on any atom is -1.00 e. The molecule has 10 nitrogen and oxygen atoms in total. The predicted molar refractivity (Wildman–Crippen MR) is 358 cm³/mol. The van der Waals surface area contributed by atoms with E-state index < -0.39 is 15.1 Å². The summed E-state index contributed by atoms with van der Waals surface area (Å²) in [5.41, 5.74) is 15.6. The van der Waals surface area contributed by atoms with Gasteiger partial charge >= 0.3 is 15.1 Å². The molecule has 2 spiro atoms. The maximum Gasteiger partial charge on any atom is 0.762 e. The summed E-state index contributed by atoms with van der Waals surface area (Å²) in [6, 6.07) is 43.4. The van der Waals surface area contributed by atoms with Gasteiger partial charge in [-0.2, -0.15) is 9.15 Å². The van der Waals surface area contributed by atoms with E-state index in [0.717, 1.165) is 62.7 Å². The van der Waals surface area contributed by atoms with Crippen LogP contribution in [0.15, 0.2) is 178 Å². The first-order chi connectivity index (χ1) is 42.9. The second-order valence-corrected chi connectivity index (χ2v) is 27.0. The summed E-state index contributed by atoms with van der Waals surface area (Å²) >= 11 is 7.14. The van der Waals surface area contributed by atoms with Gasteiger partial charge in [-0.05, 0) is 154 Å². The Morgan fingerprint density at radius 2 is 0.859 bits per heavy atom. The van der Waals surface area contributed by atoms with Crippen molar-refractivity contribution in [2.75, 3.05) is 23.9 Å². The van der Waals surface area contributed by atoms with E-state index in [9.17, 15) is 46.1 Å². The van der Waals surface area contributed by atoms with Gasteiger partial charge < -0.3 is 19.2 Å². The van der Waals surface area contributed by atoms with Gasteiger partial charge in [0.2, 0.25) is 11.4 Å². The first kappa shape index (κ1) is 68.7. The molecule has 2 saturated carbocycles. The quantitative estimate of drug-likeness (QED) is 0.0445. The monoisotopic (exact) mass is 1390 g/mol. The lowest BCUT2D eigenvalue weighted by Crippen LogP contribution is -3.00. The van der Waals surface area contributed by atoms with Crippen LogP contribution in [0.2, 0.25) is 0 Å². The molecule has 0 amide bonds. The van der Waals surface area contributed by atoms with Gasteiger partial charge in [-0.15, -0.1) is 0 Å². The number of anilines is 2. The standard InChI is InChI=1S/C70H68Br2N6O4.2BF3.2FH/c1-67(2)61(23-17-25-63-69(35-13-7-14-36-69)51-39-53(71)59(77(79)80)41-57(51)73(63)5)75(55-33-31-47-19-9-11-21-49(47)65(55)67)43-45-27-29-46(30-28-45)44-76-56-34-32-48-20-10-12-22-50(48)66(56)68(3,4)62(76)24-18-26-64-70(37-15-8-16-38-70)52-40-54(72)60(78(81)82)42-58(52)74(64)6;2*2-1(3)4;;/h9-12,17-34,39-42H,7-8,13-16,35-38,43-44H2,1-6H3;;;2*1H/q+2;;;;/p-2. The van der Waals surface area contributed by atoms with Crippen LogP contribution in [0.5, 0.6) is 0 Å². The van der Waals surface area contributed by atoms with Crippen molar-refractivity contribution in [3.63, 3.8) is 0 Å². The number of nitrogens with zero attached hydrogens (tertiary/aromatic N) is 6. The van der Waals surface area contributed by atoms with E-state index in [1.165, 1.54) is 102 Å². The topological polar surface area (TPSA) is 98.8 Å². The van der Waals surface area contributed by atoms with Crippen LogP contribution in [0, 0.1) is 20.2 Å². The zero-order valence-electron chi connectivity index (χ0n) is 51.7. The number of hydrogen-bond acceptors (Lipinski definition) is 6. The van der Waals surface area contributed by atoms with Crippen LogP contribution in [0.3, 0.4) is 0 Å². The molecule has 22 heteroatoms. The fourth-order valence-corrected chi connectivity index (χ4v) is 16.7. The number of halogens is 10. The van der Waals surface area contributed by atoms with Gasteiger partial charge in [-0.1, -0.05) is 123 Å². The lowest BCUT2D eigenvalue weighted by atomic mass is 9.68. The van der Waals surface area contributed by atoms with Crippen molar-refractivity contribution >= 4 is 114 Å². The third-order valence-electron chi connectivity index (χ3n) is 19.6. The minimum absolute atomic E-state index is 0. The van der Waals surface area contributed by atoms with Crippen LogP contribution in [0.25, 0.3) is 21.5 Å². The van der Waals surface area contributed by atoms with Crippen LogP contribution in [-0.4, -0.2) is 59.6 Å². The van der Waals surface area contributed by atoms with Crippen molar-refractivity contribution in [3.05, 3.63) is 232 Å². The largest absolute Gasteiger partial charge is 1.00 e. The van der Waals surface area contributed by atoms with Crippen molar-refractivity contribution < 1.29 is 54.3 Å². The van der Waals surface area contributed by atoms with Gasteiger partial charge in [0.15, 0.2) is 24.5 Å². The maximum absolute atomic E-state index is 12.2. The zero-order chi connectivity index (χ0) is 64.2. The lowest BCUT2D eigenvalue weighted by Gasteiger charge is -2.36. The summed E-state index contributed by atoms with van der Waals surface area (Å²) in [5, 5.41) is 29.3. The van der Waals surface area contributed by atoms with E-state index in [2.05, 4.69) is 226 Å². The molecule has 0 unspecified atom stereocenters. The van der Waals surface area contributed by atoms with E-state index >= 15 is 0 Å². The molecule has 13 rings (SSSR count). The Labute approximate surface area is 547 Å². The molecule has 0 bridgehead atoms. The summed E-state index contributed by atoms with van der Waals surface area (Å²) in [6.07, 6.45) is 24.6. The average molecular weight is 1390 g/mol. The number of benzene rings is 7. The molecule has 4 heterocycles. The first-order valence-electron chi connectivity index (χ1n) is 30.4. The Bertz CT molecular complexity index is 3970. The Morgan fingerprint density at radius 3 is 1.20 bits per heavy atom. The van der Waals surface area contributed by atoms with Gasteiger partial charge in [-0.25, -0.2) is 0 Å². The second-order valence-electron chi connectivity index (χ2n) is 25.2. The summed E-state index contributed by atoms with van der Waals surface area (Å²) in [7, 11) is -3.19. The first-order valence-corrected chi connectivity index (χ1v) is 32.0. The number of nitro groups is 2. The number of likely N-dealkylation sites (N-methyl/N-ethyl adjacent to an activating group) is 2. The maximum atomic E-state index is 12.2. The van der Waals surface area contributed by atoms with Crippen LogP contribution in [-0.2, 0) is 34.7 Å². The molecule has 0 saturated heterocycles. The Balaban J connectivity index is 0.000000947. The van der Waals surface area contributed by atoms with E-state index in [1.807, 2.05) is 12.1 Å². The number of hydrogen-bond donors (Lipinski definition) is 0. The minimum atomic E-state index is -3.67. The van der Waals surface area contributed by atoms with Crippen molar-refractivity contribution in [1.82, 2.24) is 0 Å². The van der Waals surface area contributed by atoms with E-state index in [1.54, 1.807) is 12.1 Å². The van der Waals surface area contributed by atoms with Gasteiger partial charge in [0.25, 0.3) is 11.4 Å². The summed E-state index contributed by atoms with van der Waals surface area (Å²) in [5.74, 6) is 0. The number of fused-ring (bicyclic) bond motifs is 10. The van der Waals surface area contributed by atoms with Crippen LogP contribution >= 0.6 is 31.9 Å². The van der Waals surface area contributed by atoms with Crippen LogP contribution in [0.1, 0.15) is 125 Å². The summed E-state index contributed by atoms with van der Waals surface area (Å²) < 4.78 is 64.1. The fraction of sp³-hybridized carbons (Fsp3) is 0.314. The molecule has 2 fully saturated rings. The smallest absolute Gasteiger partial charge is 0.762 e. The highest BCUT2D eigenvalue weighted by Crippen LogP contribution is 2.59. The van der Waals surface area contributed by atoms with Crippen molar-refractivity contribution in [1.29, 1.82) is 0 Å². The van der Waals surface area contributed by atoms with Crippen molar-refractivity contribution in [3.8, 4) is 0 Å². The molecule has 0 atom stereocenters. The van der Waals surface area contributed by atoms with Gasteiger partial charge in [0.05, 0.1) is 41.0 Å². The third-order valence-corrected chi connectivity index (χ3v) is 20.9. The molecule has 0 aromatic heterocycles. The van der Waals surface area contributed by atoms with E-state index in [4.69, 9.17) is 0 Å². The molecule has 478 valence electrons. The van der Waals surface area contributed by atoms with Gasteiger partial charge in [0.1, 0.15) is 0 Å². The Hall–Kier alpha value is -7.71. The van der Waals surface area contributed by atoms with Crippen LogP contribution < -0.4 is 19.2 Å². The molecule has 2 aliphatic carbocycles. The molecule has 6 aliphatic rings. The summed E-state index contributed by atoms with van der Waals surface area (Å²) in [6.45, 7) is 10.8. The molecule has 92 heavy (non-hydrogen) atoms.